The van der Waals surface area contributed by atoms with Gasteiger partial charge in [0.2, 0.25) is 5.16 Å². The van der Waals surface area contributed by atoms with Crippen LogP contribution in [0.5, 0.6) is 0 Å². The molecule has 0 aliphatic carbocycles. The molecular weight excluding hydrogens is 437 g/mol. The number of halogens is 2. The van der Waals surface area contributed by atoms with Gasteiger partial charge in [0.1, 0.15) is 6.33 Å². The van der Waals surface area contributed by atoms with Gasteiger partial charge in [-0.2, -0.15) is 19.4 Å². The van der Waals surface area contributed by atoms with E-state index in [1.165, 1.54) is 34.9 Å². The second-order valence-electron chi connectivity index (χ2n) is 5.79. The highest BCUT2D eigenvalue weighted by molar-refractivity contribution is 7.98. The van der Waals surface area contributed by atoms with Crippen molar-refractivity contribution in [3.05, 3.63) is 80.1 Å². The predicted molar refractivity (Wildman–Crippen MR) is 111 cm³/mol. The van der Waals surface area contributed by atoms with Crippen LogP contribution >= 0.6 is 35.0 Å². The third-order valence-electron chi connectivity index (χ3n) is 3.88. The molecule has 12 heteroatoms. The van der Waals surface area contributed by atoms with Crippen LogP contribution in [0.25, 0.3) is 5.78 Å². The average Bonchev–Trinajstić information content (AvgIpc) is 3.28. The highest BCUT2D eigenvalue weighted by atomic mass is 35.5. The van der Waals surface area contributed by atoms with Crippen molar-refractivity contribution >= 4 is 52.6 Å². The van der Waals surface area contributed by atoms with Crippen LogP contribution < -0.4 is 0 Å². The maximum Gasteiger partial charge on any atom is 0.275 e. The van der Waals surface area contributed by atoms with Gasteiger partial charge in [-0.05, 0) is 17.7 Å². The van der Waals surface area contributed by atoms with E-state index in [1.54, 1.807) is 41.1 Å². The van der Waals surface area contributed by atoms with Crippen LogP contribution in [0.4, 0.5) is 5.69 Å². The maximum absolute atomic E-state index is 10.7. The fraction of sp³-hybridized carbons (Fsp3) is 0.0588. The summed E-state index contributed by atoms with van der Waals surface area (Å²) in [6, 6.07) is 11.5. The summed E-state index contributed by atoms with van der Waals surface area (Å²) in [5.41, 5.74) is 1.68. The van der Waals surface area contributed by atoms with Crippen molar-refractivity contribution in [2.75, 3.05) is 0 Å². The Kier molecular flexibility index (Phi) is 5.47. The molecule has 2 aromatic carbocycles. The molecule has 2 heterocycles. The molecule has 2 aromatic heterocycles. The Morgan fingerprint density at radius 1 is 1.17 bits per heavy atom. The summed E-state index contributed by atoms with van der Waals surface area (Å²) < 4.78 is 3.05. The zero-order chi connectivity index (χ0) is 20.4. The number of non-ortho nitro benzene ring substituents is 1. The van der Waals surface area contributed by atoms with Crippen LogP contribution in [0.1, 0.15) is 11.1 Å². The van der Waals surface area contributed by atoms with E-state index in [-0.39, 0.29) is 5.69 Å². The van der Waals surface area contributed by atoms with E-state index in [0.717, 1.165) is 5.56 Å². The van der Waals surface area contributed by atoms with Crippen LogP contribution in [0.15, 0.2) is 59.0 Å². The molecule has 4 rings (SSSR count). The van der Waals surface area contributed by atoms with Crippen molar-refractivity contribution in [3.8, 4) is 0 Å². The highest BCUT2D eigenvalue weighted by Crippen LogP contribution is 2.23. The van der Waals surface area contributed by atoms with E-state index in [4.69, 9.17) is 23.2 Å². The average molecular weight is 448 g/mol. The van der Waals surface area contributed by atoms with Crippen molar-refractivity contribution in [1.82, 2.24) is 24.5 Å². The van der Waals surface area contributed by atoms with Crippen LogP contribution in [0, 0.1) is 10.1 Å². The number of benzene rings is 2. The van der Waals surface area contributed by atoms with Gasteiger partial charge in [-0.1, -0.05) is 53.2 Å². The standard InChI is InChI=1S/C17H11Cl2N7O2S/c18-13-4-3-12(15(19)7-13)8-20-24-10-21-25-16(24)22-23-17(25)29-9-11-1-5-14(6-2-11)26(27)28/h1-8,10H,9H2/b20-8+. The van der Waals surface area contributed by atoms with Gasteiger partial charge in [-0.15, -0.1) is 10.2 Å². The van der Waals surface area contributed by atoms with Gasteiger partial charge in [0, 0.05) is 28.5 Å². The quantitative estimate of drug-likeness (QED) is 0.188. The number of thioether (sulfide) groups is 1. The number of nitro benzene ring substituents is 1. The lowest BCUT2D eigenvalue weighted by Crippen LogP contribution is -1.92. The number of nitrogens with zero attached hydrogens (tertiary/aromatic N) is 7. The number of hydrogen-bond donors (Lipinski definition) is 0. The molecule has 0 amide bonds. The summed E-state index contributed by atoms with van der Waals surface area (Å²) in [6.07, 6.45) is 3.10. The molecule has 0 N–H and O–H groups in total. The molecule has 146 valence electrons. The van der Waals surface area contributed by atoms with Gasteiger partial charge in [0.25, 0.3) is 11.5 Å². The van der Waals surface area contributed by atoms with Crippen LogP contribution in [0.3, 0.4) is 0 Å². The summed E-state index contributed by atoms with van der Waals surface area (Å²) in [7, 11) is 0. The summed E-state index contributed by atoms with van der Waals surface area (Å²) in [6.45, 7) is 0. The molecule has 0 unspecified atom stereocenters. The first kappa shape index (κ1) is 19.4. The molecule has 0 spiro atoms. The topological polar surface area (TPSA) is 104 Å². The second kappa shape index (κ2) is 8.19. The summed E-state index contributed by atoms with van der Waals surface area (Å²) >= 11 is 13.5. The Bertz CT molecular complexity index is 1220. The Balaban J connectivity index is 1.49. The Hall–Kier alpha value is -2.95. The lowest BCUT2D eigenvalue weighted by atomic mass is 10.2. The van der Waals surface area contributed by atoms with Crippen molar-refractivity contribution in [2.24, 2.45) is 5.10 Å². The van der Waals surface area contributed by atoms with Crippen molar-refractivity contribution in [1.29, 1.82) is 0 Å². The minimum atomic E-state index is -0.427. The van der Waals surface area contributed by atoms with E-state index >= 15 is 0 Å². The lowest BCUT2D eigenvalue weighted by Gasteiger charge is -1.99. The summed E-state index contributed by atoms with van der Waals surface area (Å²) in [4.78, 5) is 10.3. The molecule has 4 aromatic rings. The van der Waals surface area contributed by atoms with Gasteiger partial charge in [0.15, 0.2) is 0 Å². The van der Waals surface area contributed by atoms with E-state index in [2.05, 4.69) is 20.4 Å². The van der Waals surface area contributed by atoms with Crippen molar-refractivity contribution in [3.63, 3.8) is 0 Å². The number of hydrogen-bond acceptors (Lipinski definition) is 7. The van der Waals surface area contributed by atoms with Crippen molar-refractivity contribution in [2.45, 2.75) is 10.9 Å². The van der Waals surface area contributed by atoms with Gasteiger partial charge in [-0.3, -0.25) is 10.1 Å². The number of fused-ring (bicyclic) bond motifs is 1. The van der Waals surface area contributed by atoms with Crippen LogP contribution in [-0.2, 0) is 5.75 Å². The Morgan fingerprint density at radius 2 is 1.97 bits per heavy atom. The minimum Gasteiger partial charge on any atom is -0.258 e. The van der Waals surface area contributed by atoms with E-state index < -0.39 is 4.92 Å². The molecule has 0 bridgehead atoms. The molecule has 0 saturated carbocycles. The number of rotatable bonds is 6. The normalized spacial score (nSPS) is 11.5. The van der Waals surface area contributed by atoms with E-state index in [0.29, 0.717) is 32.3 Å². The number of nitro groups is 1. The SMILES string of the molecule is O=[N+]([O-])c1ccc(CSc2nnc3n(/N=C/c4ccc(Cl)cc4Cl)cnn23)cc1. The first-order valence-corrected chi connectivity index (χ1v) is 9.90. The fourth-order valence-corrected chi connectivity index (χ4v) is 3.71. The highest BCUT2D eigenvalue weighted by Gasteiger charge is 2.12. The van der Waals surface area contributed by atoms with Gasteiger partial charge >= 0.3 is 0 Å². The molecule has 0 saturated heterocycles. The van der Waals surface area contributed by atoms with Gasteiger partial charge < -0.3 is 0 Å². The molecule has 0 aliphatic rings. The molecular formula is C17H11Cl2N7O2S. The largest absolute Gasteiger partial charge is 0.275 e. The molecule has 0 radical (unpaired) electrons. The fourth-order valence-electron chi connectivity index (χ4n) is 2.42. The smallest absolute Gasteiger partial charge is 0.258 e. The first-order chi connectivity index (χ1) is 14.0. The van der Waals surface area contributed by atoms with E-state index in [9.17, 15) is 10.1 Å². The number of aromatic nitrogens is 5. The minimum absolute atomic E-state index is 0.0565. The van der Waals surface area contributed by atoms with Crippen LogP contribution in [0.2, 0.25) is 10.0 Å². The summed E-state index contributed by atoms with van der Waals surface area (Å²) in [5.74, 6) is 1.01. The molecule has 0 aliphatic heterocycles. The van der Waals surface area contributed by atoms with Gasteiger partial charge in [-0.25, -0.2) is 0 Å². The lowest BCUT2D eigenvalue weighted by molar-refractivity contribution is -0.384. The molecule has 9 nitrogen and oxygen atoms in total. The predicted octanol–water partition coefficient (Wildman–Crippen LogP) is 4.32. The summed E-state index contributed by atoms with van der Waals surface area (Å²) in [5, 5.41) is 29.1. The van der Waals surface area contributed by atoms with Crippen molar-refractivity contribution < 1.29 is 4.92 Å². The third kappa shape index (κ3) is 4.24. The Labute approximate surface area is 178 Å². The van der Waals surface area contributed by atoms with Crippen LogP contribution in [-0.4, -0.2) is 35.6 Å². The first-order valence-electron chi connectivity index (χ1n) is 8.15. The second-order valence-corrected chi connectivity index (χ2v) is 7.58. The Morgan fingerprint density at radius 3 is 2.69 bits per heavy atom. The zero-order valence-electron chi connectivity index (χ0n) is 14.5. The monoisotopic (exact) mass is 447 g/mol. The maximum atomic E-state index is 10.7. The van der Waals surface area contributed by atoms with E-state index in [1.807, 2.05) is 0 Å². The van der Waals surface area contributed by atoms with Gasteiger partial charge in [0.05, 0.1) is 16.2 Å². The molecule has 0 atom stereocenters. The molecule has 0 fully saturated rings. The zero-order valence-corrected chi connectivity index (χ0v) is 16.8. The molecule has 29 heavy (non-hydrogen) atoms. The third-order valence-corrected chi connectivity index (χ3v) is 5.43.